The number of halogens is 2. The number of rotatable bonds is 4. The molecule has 0 spiro atoms. The maximum atomic E-state index is 11.0. The van der Waals surface area contributed by atoms with Crippen LogP contribution in [0.3, 0.4) is 0 Å². The van der Waals surface area contributed by atoms with Gasteiger partial charge >= 0.3 is 11.7 Å². The van der Waals surface area contributed by atoms with Gasteiger partial charge in [0.1, 0.15) is 5.75 Å². The van der Waals surface area contributed by atoms with Crippen LogP contribution in [0.15, 0.2) is 40.9 Å². The number of nitrogens with zero attached hydrogens (tertiary/aromatic N) is 1. The topological polar surface area (TPSA) is 89.7 Å². The third-order valence-corrected chi connectivity index (χ3v) is 3.16. The van der Waals surface area contributed by atoms with E-state index in [1.54, 1.807) is 0 Å². The molecule has 0 saturated carbocycles. The number of carboxylic acid groups (broad SMARTS) is 1. The second kappa shape index (κ2) is 6.11. The zero-order valence-corrected chi connectivity index (χ0v) is 12.6. The summed E-state index contributed by atoms with van der Waals surface area (Å²) in [5.74, 6) is -1.06. The minimum absolute atomic E-state index is 0.0101. The van der Waals surface area contributed by atoms with Crippen LogP contribution < -0.4 is 4.74 Å². The minimum atomic E-state index is -1.14. The van der Waals surface area contributed by atoms with E-state index >= 15 is 0 Å². The molecule has 2 aromatic rings. The fraction of sp³-hybridized carbons (Fsp3) is 0. The lowest BCUT2D eigenvalue weighted by molar-refractivity contribution is -0.385. The summed E-state index contributed by atoms with van der Waals surface area (Å²) in [6.45, 7) is 0. The van der Waals surface area contributed by atoms with Gasteiger partial charge in [-0.15, -0.1) is 0 Å². The molecule has 0 aliphatic heterocycles. The van der Waals surface area contributed by atoms with Crippen LogP contribution in [-0.2, 0) is 0 Å². The molecule has 2 aromatic carbocycles. The molecule has 0 aliphatic carbocycles. The Morgan fingerprint density at radius 2 is 2.00 bits per heavy atom. The summed E-state index contributed by atoms with van der Waals surface area (Å²) >= 11 is 8.95. The van der Waals surface area contributed by atoms with Gasteiger partial charge in [0, 0.05) is 21.6 Å². The first-order chi connectivity index (χ1) is 9.86. The number of carboxylic acids is 1. The van der Waals surface area contributed by atoms with E-state index in [-0.39, 0.29) is 27.8 Å². The van der Waals surface area contributed by atoms with Crippen LogP contribution in [0.25, 0.3) is 0 Å². The Bertz CT molecular complexity index is 734. The molecule has 0 aromatic heterocycles. The van der Waals surface area contributed by atoms with Crippen molar-refractivity contribution in [3.8, 4) is 11.5 Å². The van der Waals surface area contributed by atoms with Crippen molar-refractivity contribution in [2.75, 3.05) is 0 Å². The van der Waals surface area contributed by atoms with E-state index in [1.807, 2.05) is 0 Å². The largest absolute Gasteiger partial charge is 0.478 e. The van der Waals surface area contributed by atoms with E-state index in [0.717, 1.165) is 0 Å². The Morgan fingerprint density at radius 1 is 1.29 bits per heavy atom. The van der Waals surface area contributed by atoms with Crippen LogP contribution in [0.2, 0.25) is 5.02 Å². The molecule has 0 heterocycles. The van der Waals surface area contributed by atoms with Gasteiger partial charge in [-0.2, -0.15) is 0 Å². The smallest absolute Gasteiger partial charge is 0.335 e. The molecule has 108 valence electrons. The highest BCUT2D eigenvalue weighted by Gasteiger charge is 2.17. The van der Waals surface area contributed by atoms with Crippen LogP contribution >= 0.6 is 27.5 Å². The van der Waals surface area contributed by atoms with E-state index in [9.17, 15) is 14.9 Å². The average Bonchev–Trinajstić information content (AvgIpc) is 2.37. The summed E-state index contributed by atoms with van der Waals surface area (Å²) in [4.78, 5) is 21.3. The molecule has 21 heavy (non-hydrogen) atoms. The molecule has 0 atom stereocenters. The first kappa shape index (κ1) is 15.3. The Balaban J connectivity index is 2.45. The third-order valence-electron chi connectivity index (χ3n) is 2.46. The normalized spacial score (nSPS) is 10.2. The van der Waals surface area contributed by atoms with Crippen LogP contribution in [0.5, 0.6) is 11.5 Å². The molecular weight excluding hydrogens is 366 g/mol. The van der Waals surface area contributed by atoms with Gasteiger partial charge in [0.15, 0.2) is 0 Å². The molecule has 0 amide bonds. The first-order valence-corrected chi connectivity index (χ1v) is 6.69. The predicted molar refractivity (Wildman–Crippen MR) is 79.3 cm³/mol. The van der Waals surface area contributed by atoms with E-state index < -0.39 is 10.9 Å². The Labute approximate surface area is 132 Å². The molecule has 0 unspecified atom stereocenters. The summed E-state index contributed by atoms with van der Waals surface area (Å²) in [5.41, 5.74) is -0.277. The van der Waals surface area contributed by atoms with Crippen LogP contribution in [0.4, 0.5) is 5.69 Å². The molecule has 0 bridgehead atoms. The fourth-order valence-corrected chi connectivity index (χ4v) is 2.23. The number of benzene rings is 2. The Morgan fingerprint density at radius 3 is 2.62 bits per heavy atom. The molecule has 0 aliphatic rings. The summed E-state index contributed by atoms with van der Waals surface area (Å²) < 4.78 is 5.88. The maximum Gasteiger partial charge on any atom is 0.335 e. The highest BCUT2D eigenvalue weighted by atomic mass is 79.9. The Hall–Kier alpha value is -2.12. The van der Waals surface area contributed by atoms with Crippen molar-refractivity contribution >= 4 is 39.2 Å². The number of aromatic carboxylic acids is 1. The fourth-order valence-electron chi connectivity index (χ4n) is 1.59. The van der Waals surface area contributed by atoms with E-state index in [1.165, 1.54) is 36.4 Å². The summed E-state index contributed by atoms with van der Waals surface area (Å²) in [5, 5.41) is 20.2. The van der Waals surface area contributed by atoms with Crippen LogP contribution in [0, 0.1) is 10.1 Å². The zero-order chi connectivity index (χ0) is 15.6. The van der Waals surface area contributed by atoms with Gasteiger partial charge in [0.25, 0.3) is 0 Å². The first-order valence-electron chi connectivity index (χ1n) is 5.52. The van der Waals surface area contributed by atoms with Crippen molar-refractivity contribution < 1.29 is 19.6 Å². The number of nitro groups is 1. The molecule has 6 nitrogen and oxygen atoms in total. The second-order valence-corrected chi connectivity index (χ2v) is 5.30. The second-order valence-electron chi connectivity index (χ2n) is 3.95. The zero-order valence-electron chi connectivity index (χ0n) is 10.2. The lowest BCUT2D eigenvalue weighted by Crippen LogP contribution is -1.98. The number of nitro benzene ring substituents is 1. The summed E-state index contributed by atoms with van der Waals surface area (Å²) in [7, 11) is 0. The minimum Gasteiger partial charge on any atom is -0.478 e. The van der Waals surface area contributed by atoms with Gasteiger partial charge in [-0.3, -0.25) is 10.1 Å². The molecule has 0 saturated heterocycles. The monoisotopic (exact) mass is 371 g/mol. The molecule has 1 N–H and O–H groups in total. The number of ether oxygens (including phenoxy) is 1. The highest BCUT2D eigenvalue weighted by Crippen LogP contribution is 2.35. The quantitative estimate of drug-likeness (QED) is 0.630. The maximum absolute atomic E-state index is 11.0. The van der Waals surface area contributed by atoms with Crippen molar-refractivity contribution in [1.82, 2.24) is 0 Å². The van der Waals surface area contributed by atoms with E-state index in [0.29, 0.717) is 4.47 Å². The SMILES string of the molecule is O=C(O)c1cc(Br)cc(Oc2cc(Cl)ccc2[N+](=O)[O-])c1. The van der Waals surface area contributed by atoms with E-state index in [2.05, 4.69) is 15.9 Å². The number of hydrogen-bond donors (Lipinski definition) is 1. The molecule has 0 radical (unpaired) electrons. The van der Waals surface area contributed by atoms with Crippen molar-refractivity contribution in [3.63, 3.8) is 0 Å². The molecular formula is C13H7BrClNO5. The lowest BCUT2D eigenvalue weighted by atomic mass is 10.2. The van der Waals surface area contributed by atoms with Gasteiger partial charge in [-0.25, -0.2) is 4.79 Å². The predicted octanol–water partition coefficient (Wildman–Crippen LogP) is 4.50. The molecule has 2 rings (SSSR count). The molecule has 8 heteroatoms. The van der Waals surface area contributed by atoms with Gasteiger partial charge < -0.3 is 9.84 Å². The lowest BCUT2D eigenvalue weighted by Gasteiger charge is -2.08. The molecule has 0 fully saturated rings. The number of carbonyl (C=O) groups is 1. The van der Waals surface area contributed by atoms with Gasteiger partial charge in [-0.1, -0.05) is 27.5 Å². The summed E-state index contributed by atoms with van der Waals surface area (Å²) in [6.07, 6.45) is 0. The van der Waals surface area contributed by atoms with Gasteiger partial charge in [0.05, 0.1) is 10.5 Å². The van der Waals surface area contributed by atoms with Crippen LogP contribution in [-0.4, -0.2) is 16.0 Å². The van der Waals surface area contributed by atoms with Gasteiger partial charge in [-0.05, 0) is 24.3 Å². The highest BCUT2D eigenvalue weighted by molar-refractivity contribution is 9.10. The van der Waals surface area contributed by atoms with Gasteiger partial charge in [0.2, 0.25) is 5.75 Å². The van der Waals surface area contributed by atoms with E-state index in [4.69, 9.17) is 21.4 Å². The van der Waals surface area contributed by atoms with Crippen molar-refractivity contribution in [2.24, 2.45) is 0 Å². The van der Waals surface area contributed by atoms with Crippen LogP contribution in [0.1, 0.15) is 10.4 Å². The third kappa shape index (κ3) is 3.71. The number of hydrogen-bond acceptors (Lipinski definition) is 4. The standard InChI is InChI=1S/C13H7BrClNO5/c14-8-3-7(13(17)18)4-10(5-8)21-12-6-9(15)1-2-11(12)16(19)20/h1-6H,(H,17,18). The Kier molecular flexibility index (Phi) is 4.44. The summed E-state index contributed by atoms with van der Waals surface area (Å²) in [6, 6.07) is 8.03. The van der Waals surface area contributed by atoms with Crippen molar-refractivity contribution in [1.29, 1.82) is 0 Å². The van der Waals surface area contributed by atoms with Crippen molar-refractivity contribution in [3.05, 3.63) is 61.6 Å². The van der Waals surface area contributed by atoms with Crippen molar-refractivity contribution in [2.45, 2.75) is 0 Å². The average molecular weight is 373 g/mol.